The summed E-state index contributed by atoms with van der Waals surface area (Å²) in [7, 11) is 0. The molecule has 0 saturated carbocycles. The molecule has 0 bridgehead atoms. The first-order chi connectivity index (χ1) is 14.6. The summed E-state index contributed by atoms with van der Waals surface area (Å²) in [5.74, 6) is 0.660. The van der Waals surface area contributed by atoms with Crippen LogP contribution >= 0.6 is 35.6 Å². The molecule has 168 valence electrons. The van der Waals surface area contributed by atoms with Gasteiger partial charge in [-0.25, -0.2) is 9.98 Å². The summed E-state index contributed by atoms with van der Waals surface area (Å²) in [4.78, 5) is 21.0. The maximum Gasteiger partial charge on any atom is 0.253 e. The second-order valence-electron chi connectivity index (χ2n) is 7.05. The van der Waals surface area contributed by atoms with E-state index in [1.54, 1.807) is 12.3 Å². The fourth-order valence-corrected chi connectivity index (χ4v) is 3.26. The van der Waals surface area contributed by atoms with E-state index in [4.69, 9.17) is 16.3 Å². The van der Waals surface area contributed by atoms with Gasteiger partial charge in [-0.15, -0.1) is 24.0 Å². The van der Waals surface area contributed by atoms with Crippen LogP contribution < -0.4 is 16.0 Å². The smallest absolute Gasteiger partial charge is 0.253 e. The quantitative estimate of drug-likeness (QED) is 0.199. The van der Waals surface area contributed by atoms with E-state index in [2.05, 4.69) is 25.9 Å². The lowest BCUT2D eigenvalue weighted by Crippen LogP contribution is -2.38. The number of rotatable bonds is 8. The lowest BCUT2D eigenvalue weighted by atomic mass is 10.2. The Morgan fingerprint density at radius 1 is 1.26 bits per heavy atom. The van der Waals surface area contributed by atoms with Crippen LogP contribution in [0.3, 0.4) is 0 Å². The maximum atomic E-state index is 12.2. The largest absolute Gasteiger partial charge is 0.368 e. The van der Waals surface area contributed by atoms with Gasteiger partial charge in [0.1, 0.15) is 11.3 Å². The molecule has 1 aliphatic heterocycles. The van der Waals surface area contributed by atoms with Gasteiger partial charge in [0.2, 0.25) is 0 Å². The van der Waals surface area contributed by atoms with Crippen LogP contribution in [0.15, 0.2) is 47.6 Å². The van der Waals surface area contributed by atoms with Crippen molar-refractivity contribution in [1.29, 1.82) is 0 Å². The molecule has 3 rings (SSSR count). The number of nitrogens with zero attached hydrogens (tertiary/aromatic N) is 2. The minimum atomic E-state index is -0.341. The van der Waals surface area contributed by atoms with Gasteiger partial charge in [0, 0.05) is 31.6 Å². The number of amides is 1. The number of pyridine rings is 1. The number of aliphatic imine (C=N–C) groups is 1. The first kappa shape index (κ1) is 25.4. The molecule has 0 aliphatic carbocycles. The first-order valence-corrected chi connectivity index (χ1v) is 10.7. The summed E-state index contributed by atoms with van der Waals surface area (Å²) < 4.78 is 5.44. The highest BCUT2D eigenvalue weighted by atomic mass is 127. The Hall–Kier alpha value is -1.91. The molecule has 1 aromatic carbocycles. The second kappa shape index (κ2) is 13.5. The first-order valence-electron chi connectivity index (χ1n) is 10.3. The normalized spacial score (nSPS) is 15.8. The predicted molar refractivity (Wildman–Crippen MR) is 135 cm³/mol. The van der Waals surface area contributed by atoms with E-state index in [-0.39, 0.29) is 36.0 Å². The van der Waals surface area contributed by atoms with Gasteiger partial charge in [-0.05, 0) is 55.5 Å². The summed E-state index contributed by atoms with van der Waals surface area (Å²) >= 11 is 5.82. The number of guanidine groups is 1. The van der Waals surface area contributed by atoms with Gasteiger partial charge in [0.15, 0.2) is 5.96 Å². The fraction of sp³-hybridized carbons (Fsp3) is 0.409. The van der Waals surface area contributed by atoms with E-state index in [0.29, 0.717) is 18.3 Å². The summed E-state index contributed by atoms with van der Waals surface area (Å²) in [5.41, 5.74) is 2.88. The lowest BCUT2D eigenvalue weighted by Gasteiger charge is -2.12. The van der Waals surface area contributed by atoms with Crippen molar-refractivity contribution < 1.29 is 9.53 Å². The number of halogens is 2. The number of ether oxygens (including phenoxy) is 1. The number of anilines is 1. The zero-order valence-corrected chi connectivity index (χ0v) is 20.7. The molecule has 7 nitrogen and oxygen atoms in total. The lowest BCUT2D eigenvalue weighted by molar-refractivity contribution is -0.124. The highest BCUT2D eigenvalue weighted by Crippen LogP contribution is 2.16. The number of carbonyl (C=O) groups excluding carboxylic acids is 1. The summed E-state index contributed by atoms with van der Waals surface area (Å²) in [6.45, 7) is 4.68. The van der Waals surface area contributed by atoms with Crippen LogP contribution in [-0.2, 0) is 22.5 Å². The Labute approximate surface area is 205 Å². The van der Waals surface area contributed by atoms with Gasteiger partial charge in [-0.3, -0.25) is 4.79 Å². The van der Waals surface area contributed by atoms with Gasteiger partial charge in [-0.1, -0.05) is 29.8 Å². The van der Waals surface area contributed by atoms with Gasteiger partial charge >= 0.3 is 0 Å². The van der Waals surface area contributed by atoms with Crippen LogP contribution in [0.25, 0.3) is 0 Å². The highest BCUT2D eigenvalue weighted by Gasteiger charge is 2.23. The van der Waals surface area contributed by atoms with Crippen molar-refractivity contribution in [3.63, 3.8) is 0 Å². The molecule has 2 aromatic rings. The van der Waals surface area contributed by atoms with Crippen molar-refractivity contribution >= 4 is 53.1 Å². The van der Waals surface area contributed by atoms with Gasteiger partial charge in [-0.2, -0.15) is 0 Å². The number of carbonyl (C=O) groups is 1. The molecule has 1 atom stereocenters. The predicted octanol–water partition coefficient (Wildman–Crippen LogP) is 3.77. The van der Waals surface area contributed by atoms with Crippen molar-refractivity contribution in [1.82, 2.24) is 15.6 Å². The van der Waals surface area contributed by atoms with Gasteiger partial charge < -0.3 is 20.7 Å². The van der Waals surface area contributed by atoms with E-state index in [9.17, 15) is 4.79 Å². The number of hydrogen-bond acceptors (Lipinski definition) is 4. The topological polar surface area (TPSA) is 87.6 Å². The third-order valence-electron chi connectivity index (χ3n) is 4.68. The average molecular weight is 558 g/mol. The monoisotopic (exact) mass is 557 g/mol. The van der Waals surface area contributed by atoms with Crippen LogP contribution in [0.2, 0.25) is 5.15 Å². The molecule has 9 heteroatoms. The SMILES string of the molecule is CCNC(=NCc1cccc(NC(=O)C2CCCO2)c1)NCCc1ccc(Cl)nc1.I. The third-order valence-corrected chi connectivity index (χ3v) is 4.90. The molecule has 1 fully saturated rings. The molecule has 31 heavy (non-hydrogen) atoms. The standard InChI is InChI=1S/C22H28ClN5O2.HI/c1-2-24-22(25-11-10-16-8-9-20(23)26-14-16)27-15-17-5-3-6-18(13-17)28-21(29)19-7-4-12-30-19;/h3,5-6,8-9,13-14,19H,2,4,7,10-12,15H2,1H3,(H,28,29)(H2,24,25,27);1H. The molecule has 1 amide bonds. The average Bonchev–Trinajstić information content (AvgIpc) is 3.29. The molecule has 2 heterocycles. The molecule has 1 unspecified atom stereocenters. The van der Waals surface area contributed by atoms with Crippen LogP contribution in [-0.4, -0.2) is 42.7 Å². The Morgan fingerprint density at radius 2 is 2.13 bits per heavy atom. The van der Waals surface area contributed by atoms with Crippen LogP contribution in [0.1, 0.15) is 30.9 Å². The minimum absolute atomic E-state index is 0. The number of aromatic nitrogens is 1. The van der Waals surface area contributed by atoms with Gasteiger partial charge in [0.05, 0.1) is 6.54 Å². The Morgan fingerprint density at radius 3 is 2.84 bits per heavy atom. The summed E-state index contributed by atoms with van der Waals surface area (Å²) in [5, 5.41) is 10.0. The third kappa shape index (κ3) is 8.62. The van der Waals surface area contributed by atoms with Crippen molar-refractivity contribution in [2.24, 2.45) is 4.99 Å². The fourth-order valence-electron chi connectivity index (χ4n) is 3.15. The Kier molecular flexibility index (Phi) is 11.0. The maximum absolute atomic E-state index is 12.2. The number of nitrogens with one attached hydrogen (secondary N) is 3. The Bertz CT molecular complexity index is 857. The van der Waals surface area contributed by atoms with E-state index in [0.717, 1.165) is 55.1 Å². The molecule has 0 spiro atoms. The molecule has 3 N–H and O–H groups in total. The molecular formula is C22H29ClIN5O2. The zero-order chi connectivity index (χ0) is 21.2. The molecule has 1 saturated heterocycles. The summed E-state index contributed by atoms with van der Waals surface area (Å²) in [6, 6.07) is 11.5. The van der Waals surface area contributed by atoms with Crippen molar-refractivity contribution in [3.05, 3.63) is 58.9 Å². The van der Waals surface area contributed by atoms with E-state index in [1.165, 1.54) is 0 Å². The van der Waals surface area contributed by atoms with Crippen LogP contribution in [0, 0.1) is 0 Å². The molecule has 1 aromatic heterocycles. The van der Waals surface area contributed by atoms with Crippen molar-refractivity contribution in [2.75, 3.05) is 25.0 Å². The van der Waals surface area contributed by atoms with Crippen molar-refractivity contribution in [3.8, 4) is 0 Å². The van der Waals surface area contributed by atoms with Crippen LogP contribution in [0.5, 0.6) is 0 Å². The highest BCUT2D eigenvalue weighted by molar-refractivity contribution is 14.0. The molecule has 0 radical (unpaired) electrons. The Balaban J connectivity index is 0.00000341. The van der Waals surface area contributed by atoms with Crippen molar-refractivity contribution in [2.45, 2.75) is 38.8 Å². The van der Waals surface area contributed by atoms with E-state index < -0.39 is 0 Å². The zero-order valence-electron chi connectivity index (χ0n) is 17.6. The number of benzene rings is 1. The number of hydrogen-bond donors (Lipinski definition) is 3. The molecule has 1 aliphatic rings. The van der Waals surface area contributed by atoms with Crippen LogP contribution in [0.4, 0.5) is 5.69 Å². The van der Waals surface area contributed by atoms with E-state index >= 15 is 0 Å². The minimum Gasteiger partial charge on any atom is -0.368 e. The van der Waals surface area contributed by atoms with Gasteiger partial charge in [0.25, 0.3) is 5.91 Å². The summed E-state index contributed by atoms with van der Waals surface area (Å²) in [6.07, 6.45) is 3.97. The second-order valence-corrected chi connectivity index (χ2v) is 7.44. The molecular weight excluding hydrogens is 529 g/mol. The van der Waals surface area contributed by atoms with E-state index in [1.807, 2.05) is 37.3 Å².